The number of rotatable bonds is 4. The maximum atomic E-state index is 14.2. The van der Waals surface area contributed by atoms with Crippen LogP contribution < -0.4 is 9.04 Å². The molecule has 1 amide bonds. The zero-order chi connectivity index (χ0) is 27.7. The van der Waals surface area contributed by atoms with E-state index in [4.69, 9.17) is 32.7 Å². The van der Waals surface area contributed by atoms with Gasteiger partial charge >= 0.3 is 6.09 Å². The SMILES string of the molecule is CSN1c2ncc(-c3cnn(C4CC5(C4)CN(C(=O)OC(C)(C)C)C5)c3)cc2OC1c1c(Cl)ccc(F)c1Cl. The van der Waals surface area contributed by atoms with E-state index in [1.165, 1.54) is 24.1 Å². The molecule has 1 unspecified atom stereocenters. The van der Waals surface area contributed by atoms with Gasteiger partial charge in [-0.25, -0.2) is 14.2 Å². The van der Waals surface area contributed by atoms with Gasteiger partial charge in [-0.2, -0.15) is 5.10 Å². The minimum atomic E-state index is -0.718. The van der Waals surface area contributed by atoms with E-state index >= 15 is 0 Å². The number of carbonyl (C=O) groups is 1. The third-order valence-electron chi connectivity index (χ3n) is 7.37. The van der Waals surface area contributed by atoms with Gasteiger partial charge in [-0.1, -0.05) is 23.2 Å². The van der Waals surface area contributed by atoms with Gasteiger partial charge in [0.2, 0.25) is 6.23 Å². The third kappa shape index (κ3) is 4.70. The summed E-state index contributed by atoms with van der Waals surface area (Å²) in [7, 11) is 0. The molecule has 2 aliphatic heterocycles. The maximum Gasteiger partial charge on any atom is 0.410 e. The van der Waals surface area contributed by atoms with Gasteiger partial charge in [0.25, 0.3) is 0 Å². The van der Waals surface area contributed by atoms with E-state index in [0.29, 0.717) is 22.2 Å². The highest BCUT2D eigenvalue weighted by Crippen LogP contribution is 2.54. The van der Waals surface area contributed by atoms with Crippen molar-refractivity contribution in [3.8, 4) is 16.9 Å². The molecule has 2 fully saturated rings. The van der Waals surface area contributed by atoms with Crippen LogP contribution in [0.2, 0.25) is 10.0 Å². The predicted molar refractivity (Wildman–Crippen MR) is 150 cm³/mol. The van der Waals surface area contributed by atoms with E-state index in [-0.39, 0.29) is 22.6 Å². The van der Waals surface area contributed by atoms with Crippen LogP contribution in [0.1, 0.15) is 51.4 Å². The number of pyridine rings is 1. The number of hydrogen-bond acceptors (Lipinski definition) is 7. The zero-order valence-electron chi connectivity index (χ0n) is 22.0. The molecular formula is C27H28Cl2FN5O3S. The number of aromatic nitrogens is 3. The Morgan fingerprint density at radius 1 is 1.21 bits per heavy atom. The fraction of sp³-hybridized carbons (Fsp3) is 0.444. The first kappa shape index (κ1) is 26.5. The molecule has 12 heteroatoms. The van der Waals surface area contributed by atoms with Gasteiger partial charge in [-0.3, -0.25) is 8.99 Å². The molecule has 1 aliphatic carbocycles. The summed E-state index contributed by atoms with van der Waals surface area (Å²) in [5, 5.41) is 4.86. The van der Waals surface area contributed by atoms with Crippen molar-refractivity contribution in [3.63, 3.8) is 0 Å². The van der Waals surface area contributed by atoms with Crippen molar-refractivity contribution in [1.29, 1.82) is 0 Å². The molecule has 0 bridgehead atoms. The van der Waals surface area contributed by atoms with Gasteiger partial charge < -0.3 is 14.4 Å². The van der Waals surface area contributed by atoms with Crippen LogP contribution in [0.15, 0.2) is 36.8 Å². The summed E-state index contributed by atoms with van der Waals surface area (Å²) in [6.45, 7) is 7.09. The molecule has 4 heterocycles. The number of hydrogen-bond donors (Lipinski definition) is 0. The summed E-state index contributed by atoms with van der Waals surface area (Å²) >= 11 is 14.0. The molecule has 8 nitrogen and oxygen atoms in total. The first-order valence-electron chi connectivity index (χ1n) is 12.6. The van der Waals surface area contributed by atoms with Gasteiger partial charge in [-0.05, 0) is 63.8 Å². The highest BCUT2D eigenvalue weighted by atomic mass is 35.5. The topological polar surface area (TPSA) is 72.7 Å². The minimum Gasteiger partial charge on any atom is -0.461 e. The van der Waals surface area contributed by atoms with E-state index in [9.17, 15) is 9.18 Å². The van der Waals surface area contributed by atoms with Crippen molar-refractivity contribution < 1.29 is 18.7 Å². The lowest BCUT2D eigenvalue weighted by Crippen LogP contribution is -2.64. The Kier molecular flexibility index (Phi) is 6.43. The first-order valence-corrected chi connectivity index (χ1v) is 14.6. The van der Waals surface area contributed by atoms with Crippen LogP contribution >= 0.6 is 35.1 Å². The predicted octanol–water partition coefficient (Wildman–Crippen LogP) is 7.14. The fourth-order valence-electron chi connectivity index (χ4n) is 5.55. The summed E-state index contributed by atoms with van der Waals surface area (Å²) in [6, 6.07) is 4.90. The number of amides is 1. The van der Waals surface area contributed by atoms with Crippen LogP contribution in [0.4, 0.5) is 15.0 Å². The smallest absolute Gasteiger partial charge is 0.410 e. The normalized spacial score (nSPS) is 19.9. The van der Waals surface area contributed by atoms with Crippen LogP contribution in [0.25, 0.3) is 11.1 Å². The monoisotopic (exact) mass is 591 g/mol. The maximum absolute atomic E-state index is 14.2. The van der Waals surface area contributed by atoms with Crippen LogP contribution in [0, 0.1) is 11.2 Å². The Hall–Kier alpha value is -2.69. The number of halogens is 3. The second-order valence-electron chi connectivity index (χ2n) is 11.4. The molecule has 0 N–H and O–H groups in total. The number of benzene rings is 1. The van der Waals surface area contributed by atoms with Gasteiger partial charge in [-0.15, -0.1) is 0 Å². The number of nitrogens with zero attached hydrogens (tertiary/aromatic N) is 5. The van der Waals surface area contributed by atoms with Gasteiger partial charge in [0.1, 0.15) is 11.4 Å². The van der Waals surface area contributed by atoms with Crippen molar-refractivity contribution >= 4 is 47.1 Å². The highest BCUT2D eigenvalue weighted by molar-refractivity contribution is 8.00. The van der Waals surface area contributed by atoms with Gasteiger partial charge in [0.05, 0.1) is 27.8 Å². The van der Waals surface area contributed by atoms with Crippen molar-refractivity contribution in [3.05, 3.63) is 58.2 Å². The number of anilines is 1. The molecule has 6 rings (SSSR count). The Morgan fingerprint density at radius 3 is 2.64 bits per heavy atom. The second-order valence-corrected chi connectivity index (χ2v) is 12.9. The molecule has 0 radical (unpaired) electrons. The summed E-state index contributed by atoms with van der Waals surface area (Å²) in [4.78, 5) is 18.7. The molecule has 1 spiro atoms. The molecule has 206 valence electrons. The van der Waals surface area contributed by atoms with Crippen molar-refractivity contribution in [2.45, 2.75) is 51.5 Å². The van der Waals surface area contributed by atoms with E-state index in [1.54, 1.807) is 11.1 Å². The van der Waals surface area contributed by atoms with Crippen LogP contribution in [0.5, 0.6) is 5.75 Å². The lowest BCUT2D eigenvalue weighted by atomic mass is 9.61. The Balaban J connectivity index is 1.14. The quantitative estimate of drug-likeness (QED) is 0.236. The highest BCUT2D eigenvalue weighted by Gasteiger charge is 2.55. The standard InChI is InChI=1S/C27H28Cl2FN5O3S/c1-26(2,3)38-25(36)33-13-27(14-33)8-17(9-27)34-12-16(11-32-34)15-7-20-23(31-10-15)35(39-4)24(37-20)21-18(28)5-6-19(30)22(21)29/h5-7,10-12,17,24H,8-9,13-14H2,1-4H3. The second kappa shape index (κ2) is 9.45. The summed E-state index contributed by atoms with van der Waals surface area (Å²) in [5.41, 5.74) is 1.80. The number of fused-ring (bicyclic) bond motifs is 1. The molecular weight excluding hydrogens is 564 g/mol. The summed E-state index contributed by atoms with van der Waals surface area (Å²) in [6.07, 6.45) is 8.48. The summed E-state index contributed by atoms with van der Waals surface area (Å²) < 4.78 is 29.7. The average Bonchev–Trinajstić information content (AvgIpc) is 3.43. The molecule has 3 aliphatic rings. The fourth-order valence-corrected chi connectivity index (χ4v) is 6.75. The van der Waals surface area contributed by atoms with E-state index in [2.05, 4.69) is 10.1 Å². The van der Waals surface area contributed by atoms with Crippen LogP contribution in [0.3, 0.4) is 0 Å². The van der Waals surface area contributed by atoms with E-state index < -0.39 is 17.6 Å². The molecule has 39 heavy (non-hydrogen) atoms. The molecule has 3 aromatic rings. The Bertz CT molecular complexity index is 1450. The minimum absolute atomic E-state index is 0.0696. The molecule has 1 atom stereocenters. The Morgan fingerprint density at radius 2 is 1.95 bits per heavy atom. The van der Waals surface area contributed by atoms with Gasteiger partial charge in [0.15, 0.2) is 11.6 Å². The molecule has 1 aromatic carbocycles. The Labute approximate surface area is 240 Å². The van der Waals surface area contributed by atoms with Crippen LogP contribution in [-0.2, 0) is 4.74 Å². The first-order chi connectivity index (χ1) is 18.5. The van der Waals surface area contributed by atoms with Gasteiger partial charge in [0, 0.05) is 48.3 Å². The zero-order valence-corrected chi connectivity index (χ0v) is 24.3. The summed E-state index contributed by atoms with van der Waals surface area (Å²) in [5.74, 6) is 0.603. The van der Waals surface area contributed by atoms with E-state index in [0.717, 1.165) is 37.1 Å². The lowest BCUT2D eigenvalue weighted by molar-refractivity contribution is -0.0927. The number of ether oxygens (including phenoxy) is 2. The van der Waals surface area contributed by atoms with Crippen molar-refractivity contribution in [2.75, 3.05) is 23.7 Å². The van der Waals surface area contributed by atoms with Crippen molar-refractivity contribution in [2.24, 2.45) is 5.41 Å². The largest absolute Gasteiger partial charge is 0.461 e. The van der Waals surface area contributed by atoms with Crippen LogP contribution in [-0.4, -0.2) is 50.7 Å². The molecule has 2 aromatic heterocycles. The lowest BCUT2D eigenvalue weighted by Gasteiger charge is -2.58. The van der Waals surface area contributed by atoms with E-state index in [1.807, 2.05) is 54.5 Å². The third-order valence-corrected chi connectivity index (χ3v) is 8.84. The molecule has 1 saturated heterocycles. The van der Waals surface area contributed by atoms with Crippen molar-refractivity contribution in [1.82, 2.24) is 19.7 Å². The molecule has 1 saturated carbocycles. The number of carbonyl (C=O) groups excluding carboxylic acids is 1. The number of likely N-dealkylation sites (tertiary alicyclic amines) is 1. The average molecular weight is 593 g/mol.